The van der Waals surface area contributed by atoms with Gasteiger partial charge in [0, 0.05) is 37.8 Å². The van der Waals surface area contributed by atoms with E-state index in [1.807, 2.05) is 54.4 Å². The van der Waals surface area contributed by atoms with E-state index < -0.39 is 0 Å². The number of amides is 1. The molecule has 1 aromatic heterocycles. The van der Waals surface area contributed by atoms with Crippen LogP contribution in [-0.2, 0) is 7.05 Å². The Balaban J connectivity index is 0.00000210. The number of aromatic nitrogens is 3. The van der Waals surface area contributed by atoms with E-state index in [1.54, 1.807) is 11.8 Å². The van der Waals surface area contributed by atoms with Gasteiger partial charge in [-0.05, 0) is 24.3 Å². The molecule has 0 bridgehead atoms. The largest absolute Gasteiger partial charge is 0.496 e. The van der Waals surface area contributed by atoms with Crippen molar-refractivity contribution in [3.05, 3.63) is 53.6 Å². The van der Waals surface area contributed by atoms with Gasteiger partial charge in [-0.15, -0.1) is 17.5 Å². The zero-order chi connectivity index (χ0) is 18.1. The van der Waals surface area contributed by atoms with Crippen molar-refractivity contribution < 1.29 is 9.53 Å². The Labute approximate surface area is 163 Å². The summed E-state index contributed by atoms with van der Waals surface area (Å²) in [4.78, 5) is 15.1. The SMILES string of the molecule is COc1ccccc1C1CNCCN1C(=O)c1ccc2c(c1)nnn2C.Cl. The highest BCUT2D eigenvalue weighted by Crippen LogP contribution is 2.31. The summed E-state index contributed by atoms with van der Waals surface area (Å²) >= 11 is 0. The number of para-hydroxylation sites is 1. The van der Waals surface area contributed by atoms with Crippen LogP contribution in [0.15, 0.2) is 42.5 Å². The summed E-state index contributed by atoms with van der Waals surface area (Å²) in [6, 6.07) is 13.3. The van der Waals surface area contributed by atoms with Gasteiger partial charge < -0.3 is 15.0 Å². The van der Waals surface area contributed by atoms with Gasteiger partial charge >= 0.3 is 0 Å². The Morgan fingerprint density at radius 1 is 1.26 bits per heavy atom. The summed E-state index contributed by atoms with van der Waals surface area (Å²) in [5, 5.41) is 11.5. The van der Waals surface area contributed by atoms with Crippen LogP contribution in [-0.4, -0.2) is 52.5 Å². The molecule has 0 radical (unpaired) electrons. The van der Waals surface area contributed by atoms with E-state index >= 15 is 0 Å². The average molecular weight is 388 g/mol. The van der Waals surface area contributed by atoms with E-state index in [0.717, 1.165) is 28.9 Å². The van der Waals surface area contributed by atoms with Crippen molar-refractivity contribution in [2.75, 3.05) is 26.7 Å². The van der Waals surface area contributed by atoms with E-state index in [2.05, 4.69) is 15.6 Å². The van der Waals surface area contributed by atoms with Crippen molar-refractivity contribution >= 4 is 29.3 Å². The normalized spacial score (nSPS) is 16.8. The first kappa shape index (κ1) is 19.1. The highest BCUT2D eigenvalue weighted by Gasteiger charge is 2.30. The molecule has 7 nitrogen and oxygen atoms in total. The molecule has 3 aromatic rings. The van der Waals surface area contributed by atoms with E-state index in [4.69, 9.17) is 4.74 Å². The molecule has 2 aromatic carbocycles. The van der Waals surface area contributed by atoms with Gasteiger partial charge in [0.1, 0.15) is 11.3 Å². The van der Waals surface area contributed by atoms with Crippen LogP contribution < -0.4 is 10.1 Å². The van der Waals surface area contributed by atoms with Gasteiger partial charge in [0.2, 0.25) is 0 Å². The molecule has 1 atom stereocenters. The Morgan fingerprint density at radius 3 is 2.89 bits per heavy atom. The van der Waals surface area contributed by atoms with E-state index in [1.165, 1.54) is 0 Å². The highest BCUT2D eigenvalue weighted by molar-refractivity contribution is 5.97. The van der Waals surface area contributed by atoms with E-state index in [0.29, 0.717) is 18.7 Å². The molecule has 1 amide bonds. The van der Waals surface area contributed by atoms with Crippen molar-refractivity contribution in [2.45, 2.75) is 6.04 Å². The van der Waals surface area contributed by atoms with E-state index in [9.17, 15) is 4.79 Å². The fourth-order valence-electron chi connectivity index (χ4n) is 3.51. The van der Waals surface area contributed by atoms with Crippen LogP contribution in [0.25, 0.3) is 11.0 Å². The van der Waals surface area contributed by atoms with Gasteiger partial charge in [-0.25, -0.2) is 4.68 Å². The molecule has 1 unspecified atom stereocenters. The lowest BCUT2D eigenvalue weighted by Gasteiger charge is -2.37. The summed E-state index contributed by atoms with van der Waals surface area (Å²) in [6.07, 6.45) is 0. The molecule has 1 aliphatic heterocycles. The number of ether oxygens (including phenoxy) is 1. The Hall–Kier alpha value is -2.64. The van der Waals surface area contributed by atoms with Crippen LogP contribution in [0.3, 0.4) is 0 Å². The quantitative estimate of drug-likeness (QED) is 0.745. The van der Waals surface area contributed by atoms with Gasteiger partial charge in [0.05, 0.1) is 18.7 Å². The van der Waals surface area contributed by atoms with Gasteiger partial charge in [-0.3, -0.25) is 4.79 Å². The molecule has 142 valence electrons. The molecule has 4 rings (SSSR count). The number of halogens is 1. The maximum atomic E-state index is 13.2. The fraction of sp³-hybridized carbons (Fsp3) is 0.316. The standard InChI is InChI=1S/C19H21N5O2.ClH/c1-23-16-8-7-13(11-15(16)21-22-23)19(25)24-10-9-20-12-17(24)14-5-3-4-6-18(14)26-2;/h3-8,11,17,20H,9-10,12H2,1-2H3;1H. The summed E-state index contributed by atoms with van der Waals surface area (Å²) in [5.74, 6) is 0.790. The molecule has 1 saturated heterocycles. The minimum absolute atomic E-state index is 0. The van der Waals surface area contributed by atoms with Crippen molar-refractivity contribution in [1.82, 2.24) is 25.2 Å². The minimum Gasteiger partial charge on any atom is -0.496 e. The van der Waals surface area contributed by atoms with Crippen molar-refractivity contribution in [3.63, 3.8) is 0 Å². The fourth-order valence-corrected chi connectivity index (χ4v) is 3.51. The monoisotopic (exact) mass is 387 g/mol. The maximum absolute atomic E-state index is 13.2. The van der Waals surface area contributed by atoms with Crippen molar-refractivity contribution in [1.29, 1.82) is 0 Å². The summed E-state index contributed by atoms with van der Waals surface area (Å²) in [5.41, 5.74) is 3.27. The number of fused-ring (bicyclic) bond motifs is 1. The van der Waals surface area contributed by atoms with Crippen LogP contribution in [0.1, 0.15) is 22.0 Å². The predicted molar refractivity (Wildman–Crippen MR) is 105 cm³/mol. The first-order valence-corrected chi connectivity index (χ1v) is 8.63. The molecule has 0 aliphatic carbocycles. The van der Waals surface area contributed by atoms with Gasteiger partial charge in [-0.2, -0.15) is 0 Å². The molecule has 1 aliphatic rings. The highest BCUT2D eigenvalue weighted by atomic mass is 35.5. The van der Waals surface area contributed by atoms with Gasteiger partial charge in [0.15, 0.2) is 0 Å². The first-order valence-electron chi connectivity index (χ1n) is 8.63. The lowest BCUT2D eigenvalue weighted by molar-refractivity contribution is 0.0632. The number of methoxy groups -OCH3 is 1. The molecule has 0 spiro atoms. The third-order valence-corrected chi connectivity index (χ3v) is 4.86. The number of hydrogen-bond donors (Lipinski definition) is 1. The van der Waals surface area contributed by atoms with Crippen LogP contribution in [0.2, 0.25) is 0 Å². The lowest BCUT2D eigenvalue weighted by atomic mass is 10.0. The molecule has 8 heteroatoms. The molecular weight excluding hydrogens is 366 g/mol. The number of carbonyl (C=O) groups is 1. The number of nitrogens with zero attached hydrogens (tertiary/aromatic N) is 4. The number of carbonyl (C=O) groups excluding carboxylic acids is 1. The summed E-state index contributed by atoms with van der Waals surface area (Å²) in [6.45, 7) is 2.10. The topological polar surface area (TPSA) is 72.3 Å². The maximum Gasteiger partial charge on any atom is 0.254 e. The molecule has 0 saturated carbocycles. The van der Waals surface area contributed by atoms with Crippen LogP contribution >= 0.6 is 12.4 Å². The predicted octanol–water partition coefficient (Wildman–Crippen LogP) is 2.19. The Morgan fingerprint density at radius 2 is 2.07 bits per heavy atom. The minimum atomic E-state index is -0.0787. The first-order chi connectivity index (χ1) is 12.7. The lowest BCUT2D eigenvalue weighted by Crippen LogP contribution is -2.48. The zero-order valence-electron chi connectivity index (χ0n) is 15.3. The van der Waals surface area contributed by atoms with Crippen molar-refractivity contribution in [2.24, 2.45) is 7.05 Å². The van der Waals surface area contributed by atoms with Crippen LogP contribution in [0.5, 0.6) is 5.75 Å². The molecular formula is C19H22ClN5O2. The van der Waals surface area contributed by atoms with Crippen LogP contribution in [0.4, 0.5) is 0 Å². The summed E-state index contributed by atoms with van der Waals surface area (Å²) < 4.78 is 7.21. The average Bonchev–Trinajstić information content (AvgIpc) is 3.07. The van der Waals surface area contributed by atoms with Gasteiger partial charge in [0.25, 0.3) is 5.91 Å². The second-order valence-electron chi connectivity index (χ2n) is 6.38. The number of aryl methyl sites for hydroxylation is 1. The second kappa shape index (κ2) is 7.94. The Bertz CT molecular complexity index is 958. The number of rotatable bonds is 3. The summed E-state index contributed by atoms with van der Waals surface area (Å²) in [7, 11) is 3.49. The number of benzene rings is 2. The smallest absolute Gasteiger partial charge is 0.254 e. The number of nitrogens with one attached hydrogen (secondary N) is 1. The molecule has 1 fully saturated rings. The Kier molecular flexibility index (Phi) is 5.62. The van der Waals surface area contributed by atoms with Crippen LogP contribution in [0, 0.1) is 0 Å². The number of piperazine rings is 1. The third-order valence-electron chi connectivity index (χ3n) is 4.86. The third kappa shape index (κ3) is 3.48. The molecule has 2 heterocycles. The molecule has 27 heavy (non-hydrogen) atoms. The number of hydrogen-bond acceptors (Lipinski definition) is 5. The molecule has 1 N–H and O–H groups in total. The van der Waals surface area contributed by atoms with Gasteiger partial charge in [-0.1, -0.05) is 23.4 Å². The second-order valence-corrected chi connectivity index (χ2v) is 6.38. The van der Waals surface area contributed by atoms with Crippen molar-refractivity contribution in [3.8, 4) is 5.75 Å². The zero-order valence-corrected chi connectivity index (χ0v) is 16.1. The van der Waals surface area contributed by atoms with E-state index in [-0.39, 0.29) is 24.4 Å².